The van der Waals surface area contributed by atoms with E-state index in [1.165, 1.54) is 7.11 Å². The van der Waals surface area contributed by atoms with Crippen LogP contribution in [0.2, 0.25) is 5.02 Å². The van der Waals surface area contributed by atoms with Crippen LogP contribution in [0.4, 0.5) is 5.69 Å². The number of ether oxygens (including phenoxy) is 1. The lowest BCUT2D eigenvalue weighted by Crippen LogP contribution is -2.36. The Morgan fingerprint density at radius 3 is 2.80 bits per heavy atom. The first-order valence-corrected chi connectivity index (χ1v) is 8.47. The number of halogens is 1. The Morgan fingerprint density at radius 1 is 1.35 bits per heavy atom. The summed E-state index contributed by atoms with van der Waals surface area (Å²) in [6.45, 7) is 0. The summed E-state index contributed by atoms with van der Waals surface area (Å²) < 4.78 is 28.8. The molecule has 0 N–H and O–H groups in total. The van der Waals surface area contributed by atoms with Crippen LogP contribution < -0.4 is 9.64 Å². The van der Waals surface area contributed by atoms with Crippen LogP contribution in [0.5, 0.6) is 5.75 Å². The number of carbonyl (C=O) groups excluding carboxylic acids is 1. The van der Waals surface area contributed by atoms with E-state index in [0.29, 0.717) is 16.5 Å². The highest BCUT2D eigenvalue weighted by Crippen LogP contribution is 2.41. The molecule has 2 heterocycles. The smallest absolute Gasteiger partial charge is 0.227 e. The lowest BCUT2D eigenvalue weighted by molar-refractivity contribution is -0.117. The molecule has 0 unspecified atom stereocenters. The summed E-state index contributed by atoms with van der Waals surface area (Å²) in [5, 5.41) is 0.484. The van der Waals surface area contributed by atoms with E-state index in [9.17, 15) is 13.2 Å². The Balaban J connectivity index is 2.05. The maximum atomic E-state index is 12.2. The fraction of sp³-hybridized carbons (Fsp3) is 0.462. The van der Waals surface area contributed by atoms with Crippen LogP contribution in [0.25, 0.3) is 0 Å². The van der Waals surface area contributed by atoms with E-state index in [-0.39, 0.29) is 35.8 Å². The second kappa shape index (κ2) is 4.63. The van der Waals surface area contributed by atoms with Crippen LogP contribution in [0.1, 0.15) is 6.42 Å². The molecule has 0 aliphatic carbocycles. The molecule has 0 spiro atoms. The second-order valence-corrected chi connectivity index (χ2v) is 7.78. The third-order valence-electron chi connectivity index (χ3n) is 3.87. The Kier molecular flexibility index (Phi) is 3.17. The van der Waals surface area contributed by atoms with Crippen molar-refractivity contribution in [2.75, 3.05) is 23.5 Å². The molecule has 7 heteroatoms. The van der Waals surface area contributed by atoms with Gasteiger partial charge in [-0.15, -0.1) is 0 Å². The molecule has 5 nitrogen and oxygen atoms in total. The van der Waals surface area contributed by atoms with Crippen molar-refractivity contribution >= 4 is 33.0 Å². The topological polar surface area (TPSA) is 63.7 Å². The zero-order valence-electron chi connectivity index (χ0n) is 10.9. The monoisotopic (exact) mass is 315 g/mol. The molecule has 2 aliphatic rings. The summed E-state index contributed by atoms with van der Waals surface area (Å²) >= 11 is 5.99. The molecule has 0 radical (unpaired) electrons. The predicted molar refractivity (Wildman–Crippen MR) is 76.0 cm³/mol. The average molecular weight is 316 g/mol. The number of carbonyl (C=O) groups is 1. The summed E-state index contributed by atoms with van der Waals surface area (Å²) in [4.78, 5) is 13.8. The molecule has 0 aromatic heterocycles. The second-order valence-electron chi connectivity index (χ2n) is 5.19. The molecule has 3 rings (SSSR count). The van der Waals surface area contributed by atoms with Gasteiger partial charge >= 0.3 is 0 Å². The first-order valence-electron chi connectivity index (χ1n) is 6.27. The van der Waals surface area contributed by atoms with Crippen molar-refractivity contribution in [3.8, 4) is 5.75 Å². The van der Waals surface area contributed by atoms with Crippen LogP contribution in [0, 0.1) is 5.92 Å². The highest BCUT2D eigenvalue weighted by atomic mass is 35.5. The third-order valence-corrected chi connectivity index (χ3v) is 5.89. The van der Waals surface area contributed by atoms with Gasteiger partial charge in [-0.05, 0) is 18.2 Å². The van der Waals surface area contributed by atoms with Crippen molar-refractivity contribution < 1.29 is 17.9 Å². The van der Waals surface area contributed by atoms with Gasteiger partial charge in [0.05, 0.1) is 30.3 Å². The standard InChI is InChI=1S/C13H14ClNO4S/c1-19-12-3-2-9(14)5-10(12)15-11-7-20(17,18)6-8(11)4-13(15)16/h2-3,5,8,11H,4,6-7H2,1H3/t8-,11-/m1/s1. The molecule has 0 bridgehead atoms. The van der Waals surface area contributed by atoms with Gasteiger partial charge in [-0.25, -0.2) is 8.42 Å². The summed E-state index contributed by atoms with van der Waals surface area (Å²) in [7, 11) is -1.56. The molecule has 20 heavy (non-hydrogen) atoms. The first kappa shape index (κ1) is 13.7. The van der Waals surface area contributed by atoms with Gasteiger partial charge in [-0.1, -0.05) is 11.6 Å². The van der Waals surface area contributed by atoms with Gasteiger partial charge in [0, 0.05) is 17.4 Å². The average Bonchev–Trinajstić information content (AvgIpc) is 2.79. The minimum absolute atomic E-state index is 0.0130. The Morgan fingerprint density at radius 2 is 2.10 bits per heavy atom. The van der Waals surface area contributed by atoms with Crippen molar-refractivity contribution in [1.29, 1.82) is 0 Å². The Labute approximate surface area is 122 Å². The van der Waals surface area contributed by atoms with Crippen LogP contribution >= 0.6 is 11.6 Å². The molecule has 1 aromatic rings. The van der Waals surface area contributed by atoms with Crippen LogP contribution in [-0.4, -0.2) is 39.0 Å². The van der Waals surface area contributed by atoms with Gasteiger partial charge in [0.2, 0.25) is 5.91 Å². The zero-order chi connectivity index (χ0) is 14.5. The number of fused-ring (bicyclic) bond motifs is 1. The SMILES string of the molecule is COc1ccc(Cl)cc1N1C(=O)C[C@@H]2CS(=O)(=O)C[C@H]21. The zero-order valence-corrected chi connectivity index (χ0v) is 12.4. The molecule has 2 fully saturated rings. The number of hydrogen-bond donors (Lipinski definition) is 0. The fourth-order valence-electron chi connectivity index (χ4n) is 3.05. The first-order chi connectivity index (χ1) is 9.41. The van der Waals surface area contributed by atoms with Gasteiger partial charge in [-0.3, -0.25) is 4.79 Å². The highest BCUT2D eigenvalue weighted by Gasteiger charge is 2.49. The van der Waals surface area contributed by atoms with Crippen LogP contribution in [0.15, 0.2) is 18.2 Å². The minimum Gasteiger partial charge on any atom is -0.495 e. The third kappa shape index (κ3) is 2.16. The van der Waals surface area contributed by atoms with Crippen LogP contribution in [-0.2, 0) is 14.6 Å². The quantitative estimate of drug-likeness (QED) is 0.829. The summed E-state index contributed by atoms with van der Waals surface area (Å²) in [5.41, 5.74) is 0.551. The normalized spacial score (nSPS) is 27.7. The lowest BCUT2D eigenvalue weighted by Gasteiger charge is -2.25. The summed E-state index contributed by atoms with van der Waals surface area (Å²) in [5.74, 6) is 0.418. The molecular weight excluding hydrogens is 302 g/mol. The summed E-state index contributed by atoms with van der Waals surface area (Å²) in [6.07, 6.45) is 0.263. The van der Waals surface area contributed by atoms with Crippen molar-refractivity contribution in [3.63, 3.8) is 0 Å². The maximum Gasteiger partial charge on any atom is 0.227 e. The number of nitrogens with zero attached hydrogens (tertiary/aromatic N) is 1. The number of rotatable bonds is 2. The van der Waals surface area contributed by atoms with Crippen molar-refractivity contribution in [2.24, 2.45) is 5.92 Å². The molecule has 1 aromatic carbocycles. The van der Waals surface area contributed by atoms with Crippen molar-refractivity contribution in [2.45, 2.75) is 12.5 Å². The van der Waals surface area contributed by atoms with Gasteiger partial charge in [0.15, 0.2) is 9.84 Å². The van der Waals surface area contributed by atoms with E-state index in [4.69, 9.17) is 16.3 Å². The molecule has 0 saturated carbocycles. The molecule has 2 saturated heterocycles. The van der Waals surface area contributed by atoms with Crippen LogP contribution in [0.3, 0.4) is 0 Å². The van der Waals surface area contributed by atoms with Crippen molar-refractivity contribution in [1.82, 2.24) is 0 Å². The Hall–Kier alpha value is -1.27. The van der Waals surface area contributed by atoms with E-state index >= 15 is 0 Å². The van der Waals surface area contributed by atoms with E-state index < -0.39 is 9.84 Å². The van der Waals surface area contributed by atoms with E-state index in [1.807, 2.05) is 0 Å². The Bertz CT molecular complexity index is 673. The lowest BCUT2D eigenvalue weighted by atomic mass is 10.0. The van der Waals surface area contributed by atoms with Crippen molar-refractivity contribution in [3.05, 3.63) is 23.2 Å². The summed E-state index contributed by atoms with van der Waals surface area (Å²) in [6, 6.07) is 4.69. The number of hydrogen-bond acceptors (Lipinski definition) is 4. The number of anilines is 1. The molecule has 108 valence electrons. The van der Waals surface area contributed by atoms with E-state index in [1.54, 1.807) is 23.1 Å². The predicted octanol–water partition coefficient (Wildman–Crippen LogP) is 1.50. The minimum atomic E-state index is -3.07. The number of benzene rings is 1. The van der Waals surface area contributed by atoms with E-state index in [0.717, 1.165) is 0 Å². The molecule has 2 aliphatic heterocycles. The molecule has 1 amide bonds. The largest absolute Gasteiger partial charge is 0.495 e. The highest BCUT2D eigenvalue weighted by molar-refractivity contribution is 7.91. The van der Waals surface area contributed by atoms with Gasteiger partial charge in [0.25, 0.3) is 0 Å². The molecular formula is C13H14ClNO4S. The number of methoxy groups -OCH3 is 1. The van der Waals surface area contributed by atoms with Gasteiger partial charge < -0.3 is 9.64 Å². The maximum absolute atomic E-state index is 12.2. The number of amides is 1. The van der Waals surface area contributed by atoms with Gasteiger partial charge in [-0.2, -0.15) is 0 Å². The fourth-order valence-corrected chi connectivity index (χ4v) is 5.29. The molecule has 2 atom stereocenters. The van der Waals surface area contributed by atoms with Gasteiger partial charge in [0.1, 0.15) is 5.75 Å². The van der Waals surface area contributed by atoms with E-state index in [2.05, 4.69) is 0 Å². The number of sulfone groups is 1.